The van der Waals surface area contributed by atoms with Crippen LogP contribution in [0.3, 0.4) is 0 Å². The molecule has 2 aromatic carbocycles. The summed E-state index contributed by atoms with van der Waals surface area (Å²) in [5.74, 6) is 0. The van der Waals surface area contributed by atoms with Crippen molar-refractivity contribution in [2.75, 3.05) is 22.9 Å². The highest BCUT2D eigenvalue weighted by atomic mass is 35.5. The highest BCUT2D eigenvalue weighted by Gasteiger charge is 2.10. The molecule has 0 unspecified atom stereocenters. The second kappa shape index (κ2) is 5.01. The Morgan fingerprint density at radius 2 is 0.875 bits per heavy atom. The van der Waals surface area contributed by atoms with Gasteiger partial charge in [-0.05, 0) is 0 Å². The third-order valence-corrected chi connectivity index (χ3v) is 2.38. The molecule has 0 fully saturated rings. The van der Waals surface area contributed by atoms with E-state index in [2.05, 4.69) is 0 Å². The fourth-order valence-corrected chi connectivity index (χ4v) is 1.53. The molecule has 0 saturated carbocycles. The number of hydrogen-bond acceptors (Lipinski definition) is 4. The van der Waals surface area contributed by atoms with Crippen molar-refractivity contribution in [3.8, 4) is 0 Å². The highest BCUT2D eigenvalue weighted by molar-refractivity contribution is 6.11. The van der Waals surface area contributed by atoms with Crippen molar-refractivity contribution in [1.82, 2.24) is 0 Å². The van der Waals surface area contributed by atoms with Crippen molar-refractivity contribution in [2.24, 2.45) is 0 Å². The van der Waals surface area contributed by atoms with Gasteiger partial charge in [0.2, 0.25) is 0 Å². The van der Waals surface area contributed by atoms with Gasteiger partial charge in [0.1, 0.15) is 0 Å². The monoisotopic (exact) mass is 260 g/mol. The number of fused-ring (bicyclic) bond motifs is 1. The highest BCUT2D eigenvalue weighted by Crippen LogP contribution is 2.37. The van der Waals surface area contributed by atoms with Crippen molar-refractivity contribution >= 4 is 58.3 Å². The fourth-order valence-electron chi connectivity index (χ4n) is 1.53. The number of rotatable bonds is 0. The Morgan fingerprint density at radius 3 is 1.19 bits per heavy atom. The van der Waals surface area contributed by atoms with E-state index >= 15 is 0 Å². The van der Waals surface area contributed by atoms with Gasteiger partial charge >= 0.3 is 0 Å². The molecule has 0 aromatic heterocycles. The summed E-state index contributed by atoms with van der Waals surface area (Å²) in [6.07, 6.45) is 0. The molecule has 0 saturated heterocycles. The Hall–Kier alpha value is -1.52. The SMILES string of the molecule is Cl.Cl.Nc1c(N)c(N)c2ccccc2c1N. The summed E-state index contributed by atoms with van der Waals surface area (Å²) in [4.78, 5) is 0. The molecule has 0 radical (unpaired) electrons. The zero-order valence-corrected chi connectivity index (χ0v) is 10.1. The van der Waals surface area contributed by atoms with E-state index in [1.54, 1.807) is 0 Å². The van der Waals surface area contributed by atoms with E-state index in [-0.39, 0.29) is 24.8 Å². The van der Waals surface area contributed by atoms with Crippen LogP contribution in [0.15, 0.2) is 24.3 Å². The van der Waals surface area contributed by atoms with Gasteiger partial charge in [-0.3, -0.25) is 0 Å². The molecule has 0 aliphatic rings. The zero-order chi connectivity index (χ0) is 10.3. The van der Waals surface area contributed by atoms with E-state index in [0.717, 1.165) is 10.8 Å². The van der Waals surface area contributed by atoms with Crippen LogP contribution < -0.4 is 22.9 Å². The number of nitrogen functional groups attached to an aromatic ring is 4. The maximum Gasteiger partial charge on any atom is 0.0809 e. The first-order valence-electron chi connectivity index (χ1n) is 4.23. The van der Waals surface area contributed by atoms with Crippen LogP contribution in [0.5, 0.6) is 0 Å². The Morgan fingerprint density at radius 1 is 0.562 bits per heavy atom. The number of anilines is 4. The van der Waals surface area contributed by atoms with Crippen molar-refractivity contribution in [2.45, 2.75) is 0 Å². The third kappa shape index (κ3) is 1.89. The van der Waals surface area contributed by atoms with Crippen LogP contribution in [-0.4, -0.2) is 0 Å². The molecule has 88 valence electrons. The molecule has 0 spiro atoms. The van der Waals surface area contributed by atoms with Crippen LogP contribution in [0, 0.1) is 0 Å². The lowest BCUT2D eigenvalue weighted by molar-refractivity contribution is 1.67. The first-order valence-corrected chi connectivity index (χ1v) is 4.23. The van der Waals surface area contributed by atoms with E-state index < -0.39 is 0 Å². The Bertz CT molecular complexity index is 467. The maximum atomic E-state index is 5.83. The zero-order valence-electron chi connectivity index (χ0n) is 8.44. The lowest BCUT2D eigenvalue weighted by Crippen LogP contribution is -2.04. The fraction of sp³-hybridized carbons (Fsp3) is 0. The average Bonchev–Trinajstić information content (AvgIpc) is 2.23. The predicted octanol–water partition coefficient (Wildman–Crippen LogP) is 2.01. The molecule has 8 N–H and O–H groups in total. The van der Waals surface area contributed by atoms with Crippen LogP contribution >= 0.6 is 24.8 Å². The van der Waals surface area contributed by atoms with Gasteiger partial charge in [0.05, 0.1) is 22.7 Å². The Labute approximate surface area is 106 Å². The molecular weight excluding hydrogens is 247 g/mol. The molecule has 0 bridgehead atoms. The molecule has 0 aliphatic carbocycles. The van der Waals surface area contributed by atoms with Crippen molar-refractivity contribution in [3.05, 3.63) is 24.3 Å². The van der Waals surface area contributed by atoms with Gasteiger partial charge < -0.3 is 22.9 Å². The minimum absolute atomic E-state index is 0. The summed E-state index contributed by atoms with van der Waals surface area (Å²) in [6.45, 7) is 0. The first kappa shape index (κ1) is 14.5. The predicted molar refractivity (Wildman–Crippen MR) is 76.1 cm³/mol. The number of benzene rings is 2. The minimum Gasteiger partial charge on any atom is -0.396 e. The minimum atomic E-state index is 0. The summed E-state index contributed by atoms with van der Waals surface area (Å²) in [7, 11) is 0. The van der Waals surface area contributed by atoms with Crippen LogP contribution in [0.1, 0.15) is 0 Å². The van der Waals surface area contributed by atoms with Crippen molar-refractivity contribution in [3.63, 3.8) is 0 Å². The van der Waals surface area contributed by atoms with Crippen molar-refractivity contribution in [1.29, 1.82) is 0 Å². The third-order valence-electron chi connectivity index (χ3n) is 2.38. The quantitative estimate of drug-likeness (QED) is 0.544. The molecule has 0 heterocycles. The molecule has 16 heavy (non-hydrogen) atoms. The van der Waals surface area contributed by atoms with Gasteiger partial charge in [-0.2, -0.15) is 0 Å². The lowest BCUT2D eigenvalue weighted by atomic mass is 10.0. The number of nitrogens with two attached hydrogens (primary N) is 4. The number of halogens is 2. The van der Waals surface area contributed by atoms with Crippen LogP contribution in [0.2, 0.25) is 0 Å². The van der Waals surface area contributed by atoms with Crippen molar-refractivity contribution < 1.29 is 0 Å². The summed E-state index contributed by atoms with van der Waals surface area (Å²) in [5.41, 5.74) is 24.8. The van der Waals surface area contributed by atoms with E-state index in [4.69, 9.17) is 22.9 Å². The summed E-state index contributed by atoms with van der Waals surface area (Å²) in [6, 6.07) is 7.51. The topological polar surface area (TPSA) is 104 Å². The summed E-state index contributed by atoms with van der Waals surface area (Å²) in [5, 5.41) is 1.69. The molecule has 6 heteroatoms. The van der Waals surface area contributed by atoms with Gasteiger partial charge in [-0.15, -0.1) is 24.8 Å². The van der Waals surface area contributed by atoms with E-state index in [1.807, 2.05) is 24.3 Å². The lowest BCUT2D eigenvalue weighted by Gasteiger charge is -2.11. The maximum absolute atomic E-state index is 5.83. The standard InChI is InChI=1S/C10H12N4.2ClH/c11-7-5-3-1-2-4-6(5)8(12)10(14)9(7)13;;/h1-4H,11-14H2;2*1H. The second-order valence-electron chi connectivity index (χ2n) is 3.20. The Balaban J connectivity index is 0.00000112. The van der Waals surface area contributed by atoms with Gasteiger partial charge in [0.15, 0.2) is 0 Å². The number of hydrogen-bond donors (Lipinski definition) is 4. The molecule has 2 aromatic rings. The molecule has 2 rings (SSSR count). The van der Waals surface area contributed by atoms with Gasteiger partial charge in [-0.1, -0.05) is 24.3 Å². The molecular formula is C10H14Cl2N4. The normalized spacial score (nSPS) is 9.25. The molecule has 0 amide bonds. The molecule has 0 aliphatic heterocycles. The van der Waals surface area contributed by atoms with Crippen LogP contribution in [0.4, 0.5) is 22.7 Å². The van der Waals surface area contributed by atoms with Crippen LogP contribution in [-0.2, 0) is 0 Å². The van der Waals surface area contributed by atoms with E-state index in [1.165, 1.54) is 0 Å². The molecule has 0 atom stereocenters. The van der Waals surface area contributed by atoms with Gasteiger partial charge in [0.25, 0.3) is 0 Å². The van der Waals surface area contributed by atoms with Gasteiger partial charge in [0, 0.05) is 10.8 Å². The van der Waals surface area contributed by atoms with Crippen LogP contribution in [0.25, 0.3) is 10.8 Å². The van der Waals surface area contributed by atoms with E-state index in [0.29, 0.717) is 22.7 Å². The average molecular weight is 261 g/mol. The summed E-state index contributed by atoms with van der Waals surface area (Å²) >= 11 is 0. The summed E-state index contributed by atoms with van der Waals surface area (Å²) < 4.78 is 0. The smallest absolute Gasteiger partial charge is 0.0809 e. The van der Waals surface area contributed by atoms with Gasteiger partial charge in [-0.25, -0.2) is 0 Å². The Kier molecular flexibility index (Phi) is 4.53. The molecule has 4 nitrogen and oxygen atoms in total. The largest absolute Gasteiger partial charge is 0.396 e. The second-order valence-corrected chi connectivity index (χ2v) is 3.20. The van der Waals surface area contributed by atoms with E-state index in [9.17, 15) is 0 Å². The first-order chi connectivity index (χ1) is 6.63.